The Morgan fingerprint density at radius 1 is 1.34 bits per heavy atom. The summed E-state index contributed by atoms with van der Waals surface area (Å²) in [6, 6.07) is 5.17. The molecule has 9 heteroatoms. The number of ether oxygens (including phenoxy) is 2. The Kier molecular flexibility index (Phi) is 6.71. The van der Waals surface area contributed by atoms with Gasteiger partial charge in [0.25, 0.3) is 0 Å². The van der Waals surface area contributed by atoms with E-state index >= 15 is 0 Å². The van der Waals surface area contributed by atoms with E-state index in [1.54, 1.807) is 23.8 Å². The number of rotatable bonds is 8. The third-order valence-corrected chi connectivity index (χ3v) is 5.15. The topological polar surface area (TPSA) is 116 Å². The average Bonchev–Trinajstić information content (AvgIpc) is 3.34. The maximum absolute atomic E-state index is 12.7. The minimum absolute atomic E-state index is 0.0200. The average molecular weight is 403 g/mol. The zero-order valence-corrected chi connectivity index (χ0v) is 17.2. The van der Waals surface area contributed by atoms with Gasteiger partial charge in [0.2, 0.25) is 5.91 Å². The monoisotopic (exact) mass is 403 g/mol. The molecule has 1 aliphatic heterocycles. The molecule has 2 heterocycles. The van der Waals surface area contributed by atoms with E-state index in [2.05, 4.69) is 10.1 Å². The van der Waals surface area contributed by atoms with Crippen molar-refractivity contribution in [3.63, 3.8) is 0 Å². The number of aromatic nitrogens is 3. The molecule has 0 aliphatic carbocycles. The predicted molar refractivity (Wildman–Crippen MR) is 107 cm³/mol. The number of likely N-dealkylation sites (tertiary alicyclic amines) is 1. The van der Waals surface area contributed by atoms with Crippen molar-refractivity contribution in [3.8, 4) is 11.5 Å². The number of methoxy groups -OCH3 is 2. The number of aliphatic hydroxyl groups is 1. The summed E-state index contributed by atoms with van der Waals surface area (Å²) in [5, 5.41) is 14.0. The van der Waals surface area contributed by atoms with Gasteiger partial charge in [-0.2, -0.15) is 5.10 Å². The van der Waals surface area contributed by atoms with Gasteiger partial charge in [-0.1, -0.05) is 6.07 Å². The Morgan fingerprint density at radius 2 is 2.10 bits per heavy atom. The van der Waals surface area contributed by atoms with E-state index in [1.807, 2.05) is 25.1 Å². The van der Waals surface area contributed by atoms with Crippen LogP contribution in [0.1, 0.15) is 43.0 Å². The van der Waals surface area contributed by atoms with E-state index < -0.39 is 0 Å². The first kappa shape index (κ1) is 21.1. The van der Waals surface area contributed by atoms with Gasteiger partial charge in [0.05, 0.1) is 32.9 Å². The molecule has 2 unspecified atom stereocenters. The van der Waals surface area contributed by atoms with Crippen LogP contribution in [0, 0.1) is 0 Å². The number of carbonyl (C=O) groups is 1. The fourth-order valence-electron chi connectivity index (χ4n) is 3.68. The number of carbonyl (C=O) groups excluding carboxylic acids is 1. The molecule has 0 bridgehead atoms. The van der Waals surface area contributed by atoms with Crippen LogP contribution in [0.4, 0.5) is 0 Å². The van der Waals surface area contributed by atoms with Gasteiger partial charge < -0.3 is 25.2 Å². The lowest BCUT2D eigenvalue weighted by atomic mass is 10.1. The Bertz CT molecular complexity index is 851. The minimum Gasteiger partial charge on any atom is -0.493 e. The molecule has 3 N–H and O–H groups in total. The van der Waals surface area contributed by atoms with E-state index in [-0.39, 0.29) is 31.1 Å². The molecule has 1 aromatic carbocycles. The molecule has 0 saturated carbocycles. The smallest absolute Gasteiger partial charge is 0.244 e. The van der Waals surface area contributed by atoms with Crippen molar-refractivity contribution in [2.24, 2.45) is 5.73 Å². The number of aliphatic hydroxyl groups excluding tert-OH is 1. The fourth-order valence-corrected chi connectivity index (χ4v) is 3.68. The molecule has 1 aliphatic rings. The maximum Gasteiger partial charge on any atom is 0.244 e. The van der Waals surface area contributed by atoms with Gasteiger partial charge in [0, 0.05) is 13.0 Å². The van der Waals surface area contributed by atoms with Crippen LogP contribution >= 0.6 is 0 Å². The van der Waals surface area contributed by atoms with Crippen molar-refractivity contribution >= 4 is 5.91 Å². The highest BCUT2D eigenvalue weighted by atomic mass is 16.5. The second-order valence-corrected chi connectivity index (χ2v) is 7.26. The van der Waals surface area contributed by atoms with Crippen LogP contribution in [0.25, 0.3) is 0 Å². The van der Waals surface area contributed by atoms with Crippen LogP contribution in [-0.4, -0.2) is 64.1 Å². The van der Waals surface area contributed by atoms with Crippen LogP contribution in [0.2, 0.25) is 0 Å². The van der Waals surface area contributed by atoms with Crippen LogP contribution in [-0.2, 0) is 17.8 Å². The highest BCUT2D eigenvalue weighted by Crippen LogP contribution is 2.28. The Balaban J connectivity index is 1.79. The molecule has 1 amide bonds. The summed E-state index contributed by atoms with van der Waals surface area (Å²) in [4.78, 5) is 19.0. The summed E-state index contributed by atoms with van der Waals surface area (Å²) >= 11 is 0. The summed E-state index contributed by atoms with van der Waals surface area (Å²) in [7, 11) is 3.18. The second-order valence-electron chi connectivity index (χ2n) is 7.26. The first-order valence-corrected chi connectivity index (χ1v) is 9.77. The minimum atomic E-state index is -0.360. The number of nitrogens with zero attached hydrogens (tertiary/aromatic N) is 4. The van der Waals surface area contributed by atoms with Crippen molar-refractivity contribution in [1.82, 2.24) is 19.7 Å². The highest BCUT2D eigenvalue weighted by Gasteiger charge is 2.29. The van der Waals surface area contributed by atoms with Crippen LogP contribution in [0.15, 0.2) is 18.2 Å². The van der Waals surface area contributed by atoms with E-state index in [0.29, 0.717) is 36.1 Å². The summed E-state index contributed by atoms with van der Waals surface area (Å²) in [5.74, 6) is 2.36. The van der Waals surface area contributed by atoms with Gasteiger partial charge in [0.15, 0.2) is 17.3 Å². The third-order valence-electron chi connectivity index (χ3n) is 5.15. The van der Waals surface area contributed by atoms with E-state index in [4.69, 9.17) is 15.2 Å². The molecule has 2 atom stereocenters. The zero-order valence-electron chi connectivity index (χ0n) is 17.2. The Hall–Kier alpha value is -2.65. The van der Waals surface area contributed by atoms with E-state index in [9.17, 15) is 9.90 Å². The molecular formula is C20H29N5O4. The number of hydrogen-bond donors (Lipinski definition) is 2. The zero-order chi connectivity index (χ0) is 21.0. The van der Waals surface area contributed by atoms with Crippen molar-refractivity contribution in [2.45, 2.75) is 44.8 Å². The summed E-state index contributed by atoms with van der Waals surface area (Å²) < 4.78 is 12.2. The van der Waals surface area contributed by atoms with Gasteiger partial charge >= 0.3 is 0 Å². The summed E-state index contributed by atoms with van der Waals surface area (Å²) in [6.07, 6.45) is 2.20. The van der Waals surface area contributed by atoms with E-state index in [1.165, 1.54) is 0 Å². The molecule has 0 spiro atoms. The predicted octanol–water partition coefficient (Wildman–Crippen LogP) is 0.889. The van der Waals surface area contributed by atoms with Crippen molar-refractivity contribution < 1.29 is 19.4 Å². The number of nitrogens with two attached hydrogens (primary N) is 1. The first-order chi connectivity index (χ1) is 14.0. The van der Waals surface area contributed by atoms with Gasteiger partial charge in [-0.25, -0.2) is 9.67 Å². The lowest BCUT2D eigenvalue weighted by Crippen LogP contribution is -2.40. The summed E-state index contributed by atoms with van der Waals surface area (Å²) in [6.45, 7) is 2.52. The van der Waals surface area contributed by atoms with E-state index in [0.717, 1.165) is 18.4 Å². The van der Waals surface area contributed by atoms with Gasteiger partial charge in [-0.05, 0) is 37.5 Å². The van der Waals surface area contributed by atoms with Crippen molar-refractivity contribution in [3.05, 3.63) is 35.4 Å². The normalized spacial score (nSPS) is 17.4. The molecule has 1 fully saturated rings. The lowest BCUT2D eigenvalue weighted by molar-refractivity contribution is -0.133. The molecular weight excluding hydrogens is 374 g/mol. The van der Waals surface area contributed by atoms with Gasteiger partial charge in [0.1, 0.15) is 12.4 Å². The van der Waals surface area contributed by atoms with Crippen LogP contribution < -0.4 is 15.2 Å². The molecule has 1 aromatic heterocycles. The molecule has 0 radical (unpaired) electrons. The van der Waals surface area contributed by atoms with Crippen LogP contribution in [0.5, 0.6) is 11.5 Å². The number of hydrogen-bond acceptors (Lipinski definition) is 7. The summed E-state index contributed by atoms with van der Waals surface area (Å²) in [5.41, 5.74) is 7.02. The second kappa shape index (κ2) is 9.23. The Labute approximate surface area is 170 Å². The molecule has 9 nitrogen and oxygen atoms in total. The van der Waals surface area contributed by atoms with Gasteiger partial charge in [-0.3, -0.25) is 4.79 Å². The van der Waals surface area contributed by atoms with Crippen molar-refractivity contribution in [1.29, 1.82) is 0 Å². The standard InChI is InChI=1S/C20H29N5O4/c1-13(21)20-22-18(10-14-6-7-16(28-2)17(9-14)29-3)23-25(20)11-19(27)24-8-4-5-15(24)12-26/h6-7,9,13,15,26H,4-5,8,10-12,21H2,1-3H3. The lowest BCUT2D eigenvalue weighted by Gasteiger charge is -2.23. The molecule has 29 heavy (non-hydrogen) atoms. The highest BCUT2D eigenvalue weighted by molar-refractivity contribution is 5.76. The Morgan fingerprint density at radius 3 is 2.76 bits per heavy atom. The quantitative estimate of drug-likeness (QED) is 0.672. The van der Waals surface area contributed by atoms with Gasteiger partial charge in [-0.15, -0.1) is 0 Å². The number of amides is 1. The largest absolute Gasteiger partial charge is 0.493 e. The maximum atomic E-state index is 12.7. The SMILES string of the molecule is COc1ccc(Cc2nc(C(C)N)n(CC(=O)N3CCCC3CO)n2)cc1OC. The van der Waals surface area contributed by atoms with Crippen molar-refractivity contribution in [2.75, 3.05) is 27.4 Å². The molecule has 2 aromatic rings. The fraction of sp³-hybridized carbons (Fsp3) is 0.550. The van der Waals surface area contributed by atoms with Crippen LogP contribution in [0.3, 0.4) is 0 Å². The first-order valence-electron chi connectivity index (χ1n) is 9.77. The molecule has 3 rings (SSSR count). The molecule has 1 saturated heterocycles. The third kappa shape index (κ3) is 4.68. The molecule has 158 valence electrons. The number of benzene rings is 1.